The Kier molecular flexibility index (Phi) is 4.86. The number of hydrogen-bond donors (Lipinski definition) is 2. The van der Waals surface area contributed by atoms with Crippen LogP contribution < -0.4 is 16.4 Å². The Hall–Kier alpha value is -4.08. The molecule has 2 N–H and O–H groups in total. The number of amides is 2. The lowest BCUT2D eigenvalue weighted by Gasteiger charge is -2.10. The van der Waals surface area contributed by atoms with Crippen LogP contribution in [0.15, 0.2) is 47.3 Å². The van der Waals surface area contributed by atoms with Crippen LogP contribution in [-0.2, 0) is 7.05 Å². The number of nitrogens with zero attached hydrogens (tertiary/aromatic N) is 3. The van der Waals surface area contributed by atoms with E-state index in [0.717, 1.165) is 4.68 Å². The molecule has 0 bridgehead atoms. The van der Waals surface area contributed by atoms with Crippen molar-refractivity contribution in [3.8, 4) is 0 Å². The zero-order valence-corrected chi connectivity index (χ0v) is 14.9. The van der Waals surface area contributed by atoms with Crippen LogP contribution in [-0.4, -0.2) is 26.5 Å². The Morgan fingerprint density at radius 2 is 1.71 bits per heavy atom. The molecular weight excluding hydrogens is 366 g/mol. The molecule has 142 valence electrons. The second-order valence-corrected chi connectivity index (χ2v) is 5.99. The first kappa shape index (κ1) is 18.7. The number of fused-ring (bicyclic) bond motifs is 1. The normalized spacial score (nSPS) is 10.5. The van der Waals surface area contributed by atoms with E-state index in [1.807, 2.05) is 0 Å². The smallest absolute Gasteiger partial charge is 0.267 e. The van der Waals surface area contributed by atoms with Crippen LogP contribution in [0, 0.1) is 17.0 Å². The predicted octanol–water partition coefficient (Wildman–Crippen LogP) is 1.22. The highest BCUT2D eigenvalue weighted by molar-refractivity contribution is 6.06. The molecule has 0 aliphatic rings. The molecule has 0 aliphatic carbocycles. The zero-order valence-electron chi connectivity index (χ0n) is 14.9. The Bertz CT molecular complexity index is 1180. The summed E-state index contributed by atoms with van der Waals surface area (Å²) in [6.07, 6.45) is 0. The Morgan fingerprint density at radius 1 is 1.07 bits per heavy atom. The number of carbonyl (C=O) groups excluding carboxylic acids is 2. The van der Waals surface area contributed by atoms with Gasteiger partial charge < -0.3 is 0 Å². The van der Waals surface area contributed by atoms with Gasteiger partial charge in [-0.05, 0) is 25.1 Å². The minimum absolute atomic E-state index is 0.0297. The van der Waals surface area contributed by atoms with Gasteiger partial charge in [-0.15, -0.1) is 0 Å². The molecule has 0 aliphatic heterocycles. The minimum atomic E-state index is -0.709. The van der Waals surface area contributed by atoms with Gasteiger partial charge in [-0.25, -0.2) is 4.68 Å². The number of nitro benzene ring substituents is 1. The van der Waals surface area contributed by atoms with E-state index in [2.05, 4.69) is 16.0 Å². The minimum Gasteiger partial charge on any atom is -0.267 e. The van der Waals surface area contributed by atoms with Crippen LogP contribution in [0.3, 0.4) is 0 Å². The fraction of sp³-hybridized carbons (Fsp3) is 0.111. The monoisotopic (exact) mass is 381 g/mol. The fourth-order valence-corrected chi connectivity index (χ4v) is 2.71. The van der Waals surface area contributed by atoms with Crippen molar-refractivity contribution in [3.63, 3.8) is 0 Å². The molecular formula is C18H15N5O5. The van der Waals surface area contributed by atoms with Crippen molar-refractivity contribution in [1.82, 2.24) is 20.6 Å². The summed E-state index contributed by atoms with van der Waals surface area (Å²) in [6, 6.07) is 10.3. The largest absolute Gasteiger partial charge is 0.290 e. The number of hydrogen-bond acceptors (Lipinski definition) is 6. The highest BCUT2D eigenvalue weighted by Gasteiger charge is 2.18. The first-order valence-corrected chi connectivity index (χ1v) is 8.11. The lowest BCUT2D eigenvalue weighted by atomic mass is 10.1. The Morgan fingerprint density at radius 3 is 2.36 bits per heavy atom. The molecule has 28 heavy (non-hydrogen) atoms. The maximum Gasteiger partial charge on any atom is 0.290 e. The van der Waals surface area contributed by atoms with Gasteiger partial charge in [0, 0.05) is 29.6 Å². The molecule has 10 nitrogen and oxygen atoms in total. The summed E-state index contributed by atoms with van der Waals surface area (Å²) in [7, 11) is 1.42. The van der Waals surface area contributed by atoms with Gasteiger partial charge >= 0.3 is 0 Å². The van der Waals surface area contributed by atoms with Crippen LogP contribution >= 0.6 is 0 Å². The van der Waals surface area contributed by atoms with Gasteiger partial charge in [0.2, 0.25) is 0 Å². The molecule has 1 aromatic heterocycles. The van der Waals surface area contributed by atoms with Crippen molar-refractivity contribution in [3.05, 3.63) is 79.8 Å². The molecule has 3 aromatic rings. The molecule has 0 unspecified atom stereocenters. The van der Waals surface area contributed by atoms with Gasteiger partial charge in [0.1, 0.15) is 0 Å². The summed E-state index contributed by atoms with van der Waals surface area (Å²) in [6.45, 7) is 1.51. The molecule has 2 amide bonds. The van der Waals surface area contributed by atoms with E-state index in [-0.39, 0.29) is 22.5 Å². The van der Waals surface area contributed by atoms with E-state index in [0.29, 0.717) is 16.3 Å². The van der Waals surface area contributed by atoms with Crippen LogP contribution in [0.4, 0.5) is 5.69 Å². The van der Waals surface area contributed by atoms with Crippen LogP contribution in [0.25, 0.3) is 10.8 Å². The number of benzene rings is 2. The van der Waals surface area contributed by atoms with Gasteiger partial charge in [0.05, 0.1) is 10.3 Å². The van der Waals surface area contributed by atoms with E-state index in [9.17, 15) is 24.5 Å². The van der Waals surface area contributed by atoms with Crippen LogP contribution in [0.2, 0.25) is 0 Å². The van der Waals surface area contributed by atoms with Crippen LogP contribution in [0.5, 0.6) is 0 Å². The second-order valence-electron chi connectivity index (χ2n) is 5.99. The van der Waals surface area contributed by atoms with Crippen molar-refractivity contribution in [2.45, 2.75) is 6.92 Å². The third kappa shape index (κ3) is 3.43. The first-order valence-electron chi connectivity index (χ1n) is 8.11. The fourth-order valence-electron chi connectivity index (χ4n) is 2.71. The maximum atomic E-state index is 12.5. The summed E-state index contributed by atoms with van der Waals surface area (Å²) in [5, 5.41) is 15.5. The van der Waals surface area contributed by atoms with Crippen molar-refractivity contribution >= 4 is 28.3 Å². The lowest BCUT2D eigenvalue weighted by Crippen LogP contribution is -2.42. The summed E-state index contributed by atoms with van der Waals surface area (Å²) >= 11 is 0. The molecule has 3 rings (SSSR count). The molecule has 0 radical (unpaired) electrons. The van der Waals surface area contributed by atoms with Gasteiger partial charge in [-0.1, -0.05) is 18.2 Å². The van der Waals surface area contributed by atoms with Gasteiger partial charge in [-0.3, -0.25) is 35.3 Å². The SMILES string of the molecule is Cc1cc(C(=O)NNC(=O)c2nn(C)c(=O)c3ccccc23)ccc1[N+](=O)[O-]. The topological polar surface area (TPSA) is 136 Å². The predicted molar refractivity (Wildman–Crippen MR) is 99.7 cm³/mol. The average molecular weight is 381 g/mol. The average Bonchev–Trinajstić information content (AvgIpc) is 2.68. The summed E-state index contributed by atoms with van der Waals surface area (Å²) in [5.74, 6) is -1.36. The van der Waals surface area contributed by atoms with Gasteiger partial charge in [0.25, 0.3) is 23.1 Å². The Balaban J connectivity index is 1.81. The molecule has 0 fully saturated rings. The molecule has 0 spiro atoms. The van der Waals surface area contributed by atoms with E-state index < -0.39 is 16.7 Å². The van der Waals surface area contributed by atoms with Gasteiger partial charge in [0.15, 0.2) is 5.69 Å². The standard InChI is InChI=1S/C18H15N5O5/c1-10-9-11(7-8-14(10)23(27)28)16(24)19-20-17(25)15-12-5-3-4-6-13(12)18(26)22(2)21-15/h3-9H,1-2H3,(H,19,24)(H,20,25). The number of aromatic nitrogens is 2. The maximum absolute atomic E-state index is 12.5. The Labute approximate surface area is 157 Å². The first-order chi connectivity index (χ1) is 13.3. The summed E-state index contributed by atoms with van der Waals surface area (Å²) < 4.78 is 1.04. The van der Waals surface area contributed by atoms with E-state index in [1.54, 1.807) is 24.3 Å². The summed E-state index contributed by atoms with van der Waals surface area (Å²) in [5.41, 5.74) is 4.44. The number of aryl methyl sites for hydroxylation is 2. The summed E-state index contributed by atoms with van der Waals surface area (Å²) in [4.78, 5) is 47.1. The van der Waals surface area contributed by atoms with E-state index in [4.69, 9.17) is 0 Å². The number of carbonyl (C=O) groups is 2. The number of hydrazine groups is 1. The van der Waals surface area contributed by atoms with Crippen molar-refractivity contribution in [1.29, 1.82) is 0 Å². The number of nitro groups is 1. The third-order valence-electron chi connectivity index (χ3n) is 4.12. The number of rotatable bonds is 3. The van der Waals surface area contributed by atoms with Crippen LogP contribution in [0.1, 0.15) is 26.4 Å². The molecule has 0 atom stereocenters. The van der Waals surface area contributed by atoms with Gasteiger partial charge in [-0.2, -0.15) is 5.10 Å². The molecule has 2 aromatic carbocycles. The second kappa shape index (κ2) is 7.27. The number of nitrogens with one attached hydrogen (secondary N) is 2. The quantitative estimate of drug-likeness (QED) is 0.517. The van der Waals surface area contributed by atoms with Crippen molar-refractivity contribution in [2.75, 3.05) is 0 Å². The van der Waals surface area contributed by atoms with E-state index in [1.165, 1.54) is 32.2 Å². The molecule has 0 saturated heterocycles. The highest BCUT2D eigenvalue weighted by atomic mass is 16.6. The van der Waals surface area contributed by atoms with Crippen molar-refractivity contribution < 1.29 is 14.5 Å². The zero-order chi connectivity index (χ0) is 20.4. The highest BCUT2D eigenvalue weighted by Crippen LogP contribution is 2.18. The lowest BCUT2D eigenvalue weighted by molar-refractivity contribution is -0.385. The molecule has 1 heterocycles. The van der Waals surface area contributed by atoms with Crippen molar-refractivity contribution in [2.24, 2.45) is 7.05 Å². The third-order valence-corrected chi connectivity index (χ3v) is 4.12. The van der Waals surface area contributed by atoms with E-state index >= 15 is 0 Å². The molecule has 0 saturated carbocycles. The molecule has 10 heteroatoms.